The standard InChI is InChI=1S/C18H23N3O/c1-12(2)14-7-9-15(10-8-14)16(19)11-20-18(22)17-6-4-5-13(3)21-17/h4-10,12,16H,11,19H2,1-3H3,(H,20,22). The second-order valence-electron chi connectivity index (χ2n) is 5.80. The Balaban J connectivity index is 1.94. The molecule has 22 heavy (non-hydrogen) atoms. The summed E-state index contributed by atoms with van der Waals surface area (Å²) in [5.41, 5.74) is 9.68. The van der Waals surface area contributed by atoms with Gasteiger partial charge < -0.3 is 11.1 Å². The van der Waals surface area contributed by atoms with Crippen molar-refractivity contribution in [2.75, 3.05) is 6.54 Å². The number of nitrogens with one attached hydrogen (secondary N) is 1. The van der Waals surface area contributed by atoms with Crippen molar-refractivity contribution in [1.29, 1.82) is 0 Å². The van der Waals surface area contributed by atoms with Gasteiger partial charge in [0.1, 0.15) is 5.69 Å². The van der Waals surface area contributed by atoms with E-state index in [-0.39, 0.29) is 11.9 Å². The summed E-state index contributed by atoms with van der Waals surface area (Å²) < 4.78 is 0. The summed E-state index contributed by atoms with van der Waals surface area (Å²) in [6, 6.07) is 13.4. The van der Waals surface area contributed by atoms with Crippen LogP contribution in [0.25, 0.3) is 0 Å². The third-order valence-corrected chi connectivity index (χ3v) is 3.63. The van der Waals surface area contributed by atoms with Crippen molar-refractivity contribution in [2.45, 2.75) is 32.7 Å². The number of nitrogens with two attached hydrogens (primary N) is 1. The van der Waals surface area contributed by atoms with Crippen LogP contribution < -0.4 is 11.1 Å². The minimum Gasteiger partial charge on any atom is -0.349 e. The molecule has 0 saturated heterocycles. The summed E-state index contributed by atoms with van der Waals surface area (Å²) >= 11 is 0. The summed E-state index contributed by atoms with van der Waals surface area (Å²) in [7, 11) is 0. The molecule has 0 radical (unpaired) electrons. The highest BCUT2D eigenvalue weighted by Crippen LogP contribution is 2.17. The van der Waals surface area contributed by atoms with Gasteiger partial charge >= 0.3 is 0 Å². The van der Waals surface area contributed by atoms with Crippen LogP contribution in [0.15, 0.2) is 42.5 Å². The van der Waals surface area contributed by atoms with E-state index in [1.807, 2.05) is 31.2 Å². The number of benzene rings is 1. The topological polar surface area (TPSA) is 68.0 Å². The Hall–Kier alpha value is -2.20. The van der Waals surface area contributed by atoms with Gasteiger partial charge in [0.25, 0.3) is 5.91 Å². The zero-order chi connectivity index (χ0) is 16.1. The van der Waals surface area contributed by atoms with Gasteiger partial charge in [0.05, 0.1) is 0 Å². The maximum atomic E-state index is 12.0. The Morgan fingerprint density at radius 3 is 2.36 bits per heavy atom. The van der Waals surface area contributed by atoms with E-state index >= 15 is 0 Å². The van der Waals surface area contributed by atoms with Crippen LogP contribution in [-0.2, 0) is 0 Å². The monoisotopic (exact) mass is 297 g/mol. The molecule has 0 fully saturated rings. The number of aryl methyl sites for hydroxylation is 1. The number of carbonyl (C=O) groups is 1. The van der Waals surface area contributed by atoms with E-state index in [0.717, 1.165) is 11.3 Å². The van der Waals surface area contributed by atoms with Crippen LogP contribution in [-0.4, -0.2) is 17.4 Å². The maximum absolute atomic E-state index is 12.0. The summed E-state index contributed by atoms with van der Waals surface area (Å²) in [6.45, 7) is 6.56. The fourth-order valence-corrected chi connectivity index (χ4v) is 2.21. The second-order valence-corrected chi connectivity index (χ2v) is 5.80. The van der Waals surface area contributed by atoms with Crippen LogP contribution in [0.5, 0.6) is 0 Å². The Kier molecular flexibility index (Phi) is 5.28. The van der Waals surface area contributed by atoms with Crippen molar-refractivity contribution < 1.29 is 4.79 Å². The van der Waals surface area contributed by atoms with E-state index in [4.69, 9.17) is 5.73 Å². The van der Waals surface area contributed by atoms with Gasteiger partial charge in [0, 0.05) is 18.3 Å². The number of hydrogen-bond donors (Lipinski definition) is 2. The summed E-state index contributed by atoms with van der Waals surface area (Å²) in [6.07, 6.45) is 0. The highest BCUT2D eigenvalue weighted by molar-refractivity contribution is 5.92. The molecule has 0 saturated carbocycles. The highest BCUT2D eigenvalue weighted by atomic mass is 16.1. The van der Waals surface area contributed by atoms with E-state index in [2.05, 4.69) is 36.3 Å². The first-order valence-corrected chi connectivity index (χ1v) is 7.54. The van der Waals surface area contributed by atoms with Crippen molar-refractivity contribution in [2.24, 2.45) is 5.73 Å². The molecule has 0 bridgehead atoms. The Labute approximate surface area is 131 Å². The van der Waals surface area contributed by atoms with E-state index < -0.39 is 0 Å². The van der Waals surface area contributed by atoms with Gasteiger partial charge in [0.2, 0.25) is 0 Å². The molecule has 2 aromatic rings. The smallest absolute Gasteiger partial charge is 0.269 e. The Bertz CT molecular complexity index is 635. The highest BCUT2D eigenvalue weighted by Gasteiger charge is 2.11. The van der Waals surface area contributed by atoms with Gasteiger partial charge in [0.15, 0.2) is 0 Å². The molecule has 1 aromatic heterocycles. The molecule has 0 aliphatic carbocycles. The third kappa shape index (κ3) is 4.15. The largest absolute Gasteiger partial charge is 0.349 e. The zero-order valence-electron chi connectivity index (χ0n) is 13.3. The van der Waals surface area contributed by atoms with E-state index in [0.29, 0.717) is 18.2 Å². The van der Waals surface area contributed by atoms with Crippen LogP contribution in [0, 0.1) is 6.92 Å². The number of amides is 1. The van der Waals surface area contributed by atoms with Crippen LogP contribution in [0.3, 0.4) is 0 Å². The van der Waals surface area contributed by atoms with Crippen molar-refractivity contribution in [3.05, 3.63) is 65.0 Å². The first-order valence-electron chi connectivity index (χ1n) is 7.54. The van der Waals surface area contributed by atoms with Crippen molar-refractivity contribution in [3.8, 4) is 0 Å². The van der Waals surface area contributed by atoms with Crippen LogP contribution >= 0.6 is 0 Å². The molecule has 4 heteroatoms. The minimum absolute atomic E-state index is 0.196. The molecule has 0 aliphatic heterocycles. The molecule has 2 rings (SSSR count). The Morgan fingerprint density at radius 1 is 1.14 bits per heavy atom. The lowest BCUT2D eigenvalue weighted by molar-refractivity contribution is 0.0946. The predicted octanol–water partition coefficient (Wildman–Crippen LogP) is 2.94. The molecule has 0 spiro atoms. The molecule has 1 amide bonds. The lowest BCUT2D eigenvalue weighted by Gasteiger charge is -2.14. The molecule has 1 unspecified atom stereocenters. The number of pyridine rings is 1. The maximum Gasteiger partial charge on any atom is 0.269 e. The lowest BCUT2D eigenvalue weighted by Crippen LogP contribution is -2.32. The van der Waals surface area contributed by atoms with Crippen molar-refractivity contribution in [3.63, 3.8) is 0 Å². The van der Waals surface area contributed by atoms with Crippen molar-refractivity contribution in [1.82, 2.24) is 10.3 Å². The molecule has 1 aromatic carbocycles. The number of nitrogens with zero attached hydrogens (tertiary/aromatic N) is 1. The van der Waals surface area contributed by atoms with Crippen LogP contribution in [0.1, 0.15) is 53.1 Å². The van der Waals surface area contributed by atoms with Crippen molar-refractivity contribution >= 4 is 5.91 Å². The lowest BCUT2D eigenvalue weighted by atomic mass is 9.99. The molecular weight excluding hydrogens is 274 g/mol. The third-order valence-electron chi connectivity index (χ3n) is 3.63. The van der Waals surface area contributed by atoms with Gasteiger partial charge in [-0.2, -0.15) is 0 Å². The van der Waals surface area contributed by atoms with Gasteiger partial charge in [-0.25, -0.2) is 4.98 Å². The zero-order valence-corrected chi connectivity index (χ0v) is 13.3. The first-order chi connectivity index (χ1) is 10.5. The first kappa shape index (κ1) is 16.2. The molecule has 1 atom stereocenters. The number of hydrogen-bond acceptors (Lipinski definition) is 3. The van der Waals surface area contributed by atoms with Gasteiger partial charge in [-0.1, -0.05) is 44.2 Å². The number of rotatable bonds is 5. The molecule has 3 N–H and O–H groups in total. The van der Waals surface area contributed by atoms with E-state index in [1.165, 1.54) is 5.56 Å². The van der Waals surface area contributed by atoms with E-state index in [1.54, 1.807) is 6.07 Å². The van der Waals surface area contributed by atoms with Crippen LogP contribution in [0.4, 0.5) is 0 Å². The molecule has 0 aliphatic rings. The van der Waals surface area contributed by atoms with Gasteiger partial charge in [-0.15, -0.1) is 0 Å². The van der Waals surface area contributed by atoms with Crippen LogP contribution in [0.2, 0.25) is 0 Å². The number of carbonyl (C=O) groups excluding carboxylic acids is 1. The molecule has 116 valence electrons. The average Bonchev–Trinajstić information content (AvgIpc) is 2.52. The average molecular weight is 297 g/mol. The predicted molar refractivity (Wildman–Crippen MR) is 88.8 cm³/mol. The molecule has 4 nitrogen and oxygen atoms in total. The summed E-state index contributed by atoms with van der Waals surface area (Å²) in [5, 5.41) is 2.84. The molecular formula is C18H23N3O. The summed E-state index contributed by atoms with van der Waals surface area (Å²) in [5.74, 6) is 0.301. The summed E-state index contributed by atoms with van der Waals surface area (Å²) in [4.78, 5) is 16.2. The van der Waals surface area contributed by atoms with Gasteiger partial charge in [-0.3, -0.25) is 4.79 Å². The number of aromatic nitrogens is 1. The fraction of sp³-hybridized carbons (Fsp3) is 0.333. The minimum atomic E-state index is -0.227. The molecule has 1 heterocycles. The second kappa shape index (κ2) is 7.18. The Morgan fingerprint density at radius 2 is 1.77 bits per heavy atom. The normalized spacial score (nSPS) is 12.2. The van der Waals surface area contributed by atoms with Gasteiger partial charge in [-0.05, 0) is 36.1 Å². The fourth-order valence-electron chi connectivity index (χ4n) is 2.21. The SMILES string of the molecule is Cc1cccc(C(=O)NCC(N)c2ccc(C(C)C)cc2)n1. The quantitative estimate of drug-likeness (QED) is 0.891. The van der Waals surface area contributed by atoms with E-state index in [9.17, 15) is 4.79 Å².